The molecule has 2 fully saturated rings. The summed E-state index contributed by atoms with van der Waals surface area (Å²) in [7, 11) is 2.02. The number of unbranched alkanes of at least 4 members (excludes halogenated alkanes) is 1. The summed E-state index contributed by atoms with van der Waals surface area (Å²) < 4.78 is 0. The maximum absolute atomic E-state index is 12.8. The van der Waals surface area contributed by atoms with Gasteiger partial charge in [0.05, 0.1) is 0 Å². The first kappa shape index (κ1) is 16.8. The Morgan fingerprint density at radius 1 is 1.14 bits per heavy atom. The summed E-state index contributed by atoms with van der Waals surface area (Å²) in [6.45, 7) is 2.99. The van der Waals surface area contributed by atoms with Crippen LogP contribution >= 0.6 is 0 Å². The van der Waals surface area contributed by atoms with Crippen molar-refractivity contribution in [2.24, 2.45) is 23.5 Å². The Bertz CT molecular complexity index is 323. The molecule has 0 bridgehead atoms. The van der Waals surface area contributed by atoms with E-state index in [0.717, 1.165) is 31.7 Å². The molecule has 2 saturated carbocycles. The Hall–Kier alpha value is -0.570. The van der Waals surface area contributed by atoms with Gasteiger partial charge < -0.3 is 10.6 Å². The molecule has 122 valence electrons. The topological polar surface area (TPSA) is 46.3 Å². The molecule has 0 aromatic rings. The van der Waals surface area contributed by atoms with Crippen LogP contribution in [0.15, 0.2) is 0 Å². The van der Waals surface area contributed by atoms with Crippen molar-refractivity contribution in [2.45, 2.75) is 77.2 Å². The third kappa shape index (κ3) is 4.21. The zero-order valence-corrected chi connectivity index (χ0v) is 14.0. The summed E-state index contributed by atoms with van der Waals surface area (Å²) in [6, 6.07) is 0.403. The SMILES string of the molecule is CCCCC1CCC(C(=O)N(C)C2CCCC2CN)CC1. The van der Waals surface area contributed by atoms with Crippen LogP contribution < -0.4 is 5.73 Å². The molecule has 0 aliphatic heterocycles. The van der Waals surface area contributed by atoms with E-state index in [1.54, 1.807) is 0 Å². The molecule has 2 atom stereocenters. The van der Waals surface area contributed by atoms with Crippen molar-refractivity contribution in [1.29, 1.82) is 0 Å². The standard InChI is InChI=1S/C18H34N2O/c1-3-4-6-14-9-11-15(12-10-14)18(21)20(2)17-8-5-7-16(17)13-19/h14-17H,3-13,19H2,1-2H3. The molecule has 2 unspecified atom stereocenters. The van der Waals surface area contributed by atoms with Crippen LogP contribution in [0.1, 0.15) is 71.1 Å². The van der Waals surface area contributed by atoms with Crippen molar-refractivity contribution in [3.8, 4) is 0 Å². The lowest BCUT2D eigenvalue weighted by Gasteiger charge is -2.35. The molecule has 3 nitrogen and oxygen atoms in total. The van der Waals surface area contributed by atoms with Crippen molar-refractivity contribution in [3.05, 3.63) is 0 Å². The van der Waals surface area contributed by atoms with Crippen LogP contribution in [-0.4, -0.2) is 30.4 Å². The molecular weight excluding hydrogens is 260 g/mol. The lowest BCUT2D eigenvalue weighted by Crippen LogP contribution is -2.44. The highest BCUT2D eigenvalue weighted by Crippen LogP contribution is 2.35. The van der Waals surface area contributed by atoms with Crippen LogP contribution in [0.4, 0.5) is 0 Å². The minimum Gasteiger partial charge on any atom is -0.342 e. The van der Waals surface area contributed by atoms with E-state index in [0.29, 0.717) is 17.9 Å². The van der Waals surface area contributed by atoms with Gasteiger partial charge in [0.2, 0.25) is 5.91 Å². The van der Waals surface area contributed by atoms with Gasteiger partial charge in [0.1, 0.15) is 0 Å². The van der Waals surface area contributed by atoms with Gasteiger partial charge in [-0.1, -0.05) is 32.6 Å². The molecule has 0 heterocycles. The van der Waals surface area contributed by atoms with E-state index in [9.17, 15) is 4.79 Å². The Balaban J connectivity index is 1.81. The molecule has 0 radical (unpaired) electrons. The van der Waals surface area contributed by atoms with E-state index in [1.165, 1.54) is 44.9 Å². The number of carbonyl (C=O) groups is 1. The lowest BCUT2D eigenvalue weighted by atomic mass is 9.79. The zero-order chi connectivity index (χ0) is 15.2. The van der Waals surface area contributed by atoms with E-state index in [2.05, 4.69) is 11.8 Å². The quantitative estimate of drug-likeness (QED) is 0.814. The zero-order valence-electron chi connectivity index (χ0n) is 14.0. The fraction of sp³-hybridized carbons (Fsp3) is 0.944. The van der Waals surface area contributed by atoms with Crippen LogP contribution in [0, 0.1) is 17.8 Å². The van der Waals surface area contributed by atoms with Crippen LogP contribution in [0.3, 0.4) is 0 Å². The molecule has 0 aromatic heterocycles. The summed E-state index contributed by atoms with van der Waals surface area (Å²) in [5.74, 6) is 2.09. The first-order valence-electron chi connectivity index (χ1n) is 9.14. The third-order valence-corrected chi connectivity index (χ3v) is 5.93. The molecule has 0 spiro atoms. The number of hydrogen-bond donors (Lipinski definition) is 1. The van der Waals surface area contributed by atoms with Gasteiger partial charge in [-0.25, -0.2) is 0 Å². The Labute approximate surface area is 130 Å². The predicted octanol–water partition coefficient (Wildman–Crippen LogP) is 3.57. The molecule has 0 aromatic carbocycles. The van der Waals surface area contributed by atoms with Crippen molar-refractivity contribution in [2.75, 3.05) is 13.6 Å². The molecule has 2 aliphatic rings. The van der Waals surface area contributed by atoms with Gasteiger partial charge in [0.25, 0.3) is 0 Å². The molecule has 21 heavy (non-hydrogen) atoms. The van der Waals surface area contributed by atoms with Crippen LogP contribution in [0.2, 0.25) is 0 Å². The number of amides is 1. The highest BCUT2D eigenvalue weighted by atomic mass is 16.2. The summed E-state index contributed by atoms with van der Waals surface area (Å²) in [4.78, 5) is 14.8. The van der Waals surface area contributed by atoms with Gasteiger partial charge in [-0.05, 0) is 56.9 Å². The average molecular weight is 294 g/mol. The molecule has 0 saturated heterocycles. The summed E-state index contributed by atoms with van der Waals surface area (Å²) >= 11 is 0. The summed E-state index contributed by atoms with van der Waals surface area (Å²) in [6.07, 6.45) is 12.3. The second kappa shape index (κ2) is 8.17. The monoisotopic (exact) mass is 294 g/mol. The minimum atomic E-state index is 0.284. The highest BCUT2D eigenvalue weighted by molar-refractivity contribution is 5.79. The predicted molar refractivity (Wildman–Crippen MR) is 87.9 cm³/mol. The van der Waals surface area contributed by atoms with Crippen LogP contribution in [0.5, 0.6) is 0 Å². The van der Waals surface area contributed by atoms with Crippen molar-refractivity contribution in [3.63, 3.8) is 0 Å². The van der Waals surface area contributed by atoms with Gasteiger partial charge in [-0.15, -0.1) is 0 Å². The molecule has 3 heteroatoms. The van der Waals surface area contributed by atoms with Gasteiger partial charge in [0.15, 0.2) is 0 Å². The first-order valence-corrected chi connectivity index (χ1v) is 9.14. The van der Waals surface area contributed by atoms with E-state index < -0.39 is 0 Å². The van der Waals surface area contributed by atoms with Gasteiger partial charge in [-0.2, -0.15) is 0 Å². The van der Waals surface area contributed by atoms with Gasteiger partial charge in [0, 0.05) is 19.0 Å². The number of rotatable bonds is 6. The second-order valence-corrected chi connectivity index (χ2v) is 7.30. The van der Waals surface area contributed by atoms with E-state index in [4.69, 9.17) is 5.73 Å². The minimum absolute atomic E-state index is 0.284. The molecular formula is C18H34N2O. The Morgan fingerprint density at radius 2 is 1.86 bits per heavy atom. The maximum Gasteiger partial charge on any atom is 0.225 e. The smallest absolute Gasteiger partial charge is 0.225 e. The normalized spacial score (nSPS) is 33.1. The van der Waals surface area contributed by atoms with Crippen LogP contribution in [-0.2, 0) is 4.79 Å². The average Bonchev–Trinajstić information content (AvgIpc) is 3.00. The van der Waals surface area contributed by atoms with Crippen molar-refractivity contribution >= 4 is 5.91 Å². The van der Waals surface area contributed by atoms with E-state index >= 15 is 0 Å². The fourth-order valence-corrected chi connectivity index (χ4v) is 4.44. The van der Waals surface area contributed by atoms with Gasteiger partial charge in [-0.3, -0.25) is 4.79 Å². The summed E-state index contributed by atoms with van der Waals surface area (Å²) in [5, 5.41) is 0. The molecule has 2 aliphatic carbocycles. The highest BCUT2D eigenvalue weighted by Gasteiger charge is 2.35. The molecule has 2 rings (SSSR count). The summed E-state index contributed by atoms with van der Waals surface area (Å²) in [5.41, 5.74) is 5.87. The molecule has 1 amide bonds. The number of hydrogen-bond acceptors (Lipinski definition) is 2. The van der Waals surface area contributed by atoms with E-state index in [1.807, 2.05) is 7.05 Å². The van der Waals surface area contributed by atoms with E-state index in [-0.39, 0.29) is 5.92 Å². The largest absolute Gasteiger partial charge is 0.342 e. The number of carbonyl (C=O) groups excluding carboxylic acids is 1. The lowest BCUT2D eigenvalue weighted by molar-refractivity contribution is -0.138. The molecule has 2 N–H and O–H groups in total. The first-order chi connectivity index (χ1) is 10.2. The number of nitrogens with two attached hydrogens (primary N) is 1. The number of nitrogens with zero attached hydrogens (tertiary/aromatic N) is 1. The third-order valence-electron chi connectivity index (χ3n) is 5.93. The fourth-order valence-electron chi connectivity index (χ4n) is 4.44. The maximum atomic E-state index is 12.8. The van der Waals surface area contributed by atoms with Crippen molar-refractivity contribution < 1.29 is 4.79 Å². The van der Waals surface area contributed by atoms with Crippen LogP contribution in [0.25, 0.3) is 0 Å². The Kier molecular flexibility index (Phi) is 6.53. The van der Waals surface area contributed by atoms with Crippen molar-refractivity contribution in [1.82, 2.24) is 4.90 Å². The second-order valence-electron chi connectivity index (χ2n) is 7.30. The Morgan fingerprint density at radius 3 is 2.48 bits per heavy atom. The van der Waals surface area contributed by atoms with Gasteiger partial charge >= 0.3 is 0 Å².